The van der Waals surface area contributed by atoms with E-state index in [2.05, 4.69) is 56.5 Å². The number of carbonyl (C=O) groups excluding carboxylic acids is 1. The van der Waals surface area contributed by atoms with E-state index in [1.165, 1.54) is 0 Å². The van der Waals surface area contributed by atoms with Crippen LogP contribution in [0.3, 0.4) is 0 Å². The summed E-state index contributed by atoms with van der Waals surface area (Å²) in [7, 11) is 0. The third-order valence-corrected chi connectivity index (χ3v) is 6.59. The van der Waals surface area contributed by atoms with Crippen LogP contribution in [0.2, 0.25) is 0 Å². The fourth-order valence-electron chi connectivity index (χ4n) is 4.79. The molecule has 2 atom stereocenters. The number of nitrogens with two attached hydrogens (primary N) is 1. The highest BCUT2D eigenvalue weighted by molar-refractivity contribution is 5.92. The van der Waals surface area contributed by atoms with Crippen molar-refractivity contribution in [1.82, 2.24) is 24.4 Å². The van der Waals surface area contributed by atoms with Gasteiger partial charge in [-0.05, 0) is 49.7 Å². The third kappa shape index (κ3) is 4.49. The Morgan fingerprint density at radius 3 is 2.38 bits per heavy atom. The van der Waals surface area contributed by atoms with Gasteiger partial charge in [-0.15, -0.1) is 0 Å². The zero-order valence-electron chi connectivity index (χ0n) is 19.5. The molecule has 1 saturated heterocycles. The van der Waals surface area contributed by atoms with Crippen LogP contribution >= 0.6 is 0 Å². The van der Waals surface area contributed by atoms with Crippen LogP contribution in [0.5, 0.6) is 0 Å². The molecule has 8 nitrogen and oxygen atoms in total. The Morgan fingerprint density at radius 2 is 1.71 bits per heavy atom. The quantitative estimate of drug-likeness (QED) is 0.480. The fraction of sp³-hybridized carbons (Fsp3) is 0.308. The average Bonchev–Trinajstić information content (AvgIpc) is 3.24. The predicted molar refractivity (Wildman–Crippen MR) is 133 cm³/mol. The van der Waals surface area contributed by atoms with E-state index in [-0.39, 0.29) is 0 Å². The van der Waals surface area contributed by atoms with Gasteiger partial charge in [0.25, 0.3) is 0 Å². The van der Waals surface area contributed by atoms with Crippen LogP contribution in [-0.4, -0.2) is 55.5 Å². The number of rotatable bonds is 6. The van der Waals surface area contributed by atoms with Gasteiger partial charge in [0.1, 0.15) is 11.5 Å². The number of fused-ring (bicyclic) bond motifs is 1. The molecule has 1 aliphatic heterocycles. The summed E-state index contributed by atoms with van der Waals surface area (Å²) < 4.78 is 2.13. The number of hydrogen-bond donors (Lipinski definition) is 1. The van der Waals surface area contributed by atoms with Crippen LogP contribution in [0.4, 0.5) is 5.69 Å². The van der Waals surface area contributed by atoms with Gasteiger partial charge in [-0.3, -0.25) is 9.69 Å². The van der Waals surface area contributed by atoms with Crippen LogP contribution < -0.4 is 10.6 Å². The summed E-state index contributed by atoms with van der Waals surface area (Å²) in [5.74, 6) is 0.452. The van der Waals surface area contributed by atoms with E-state index in [0.29, 0.717) is 24.2 Å². The molecule has 34 heavy (non-hydrogen) atoms. The summed E-state index contributed by atoms with van der Waals surface area (Å²) in [6.07, 6.45) is 7.64. The summed E-state index contributed by atoms with van der Waals surface area (Å²) in [5, 5.41) is 1.12. The van der Waals surface area contributed by atoms with Gasteiger partial charge in [-0.25, -0.2) is 15.0 Å². The maximum Gasteiger partial charge on any atom is 0.248 e. The molecule has 174 valence electrons. The minimum atomic E-state index is -0.412. The van der Waals surface area contributed by atoms with Crippen LogP contribution in [-0.2, 0) is 13.1 Å². The lowest BCUT2D eigenvalue weighted by atomic mass is 10.1. The molecule has 0 aliphatic carbocycles. The first kappa shape index (κ1) is 22.0. The molecule has 4 heterocycles. The topological polar surface area (TPSA) is 93.2 Å². The molecule has 0 radical (unpaired) electrons. The number of amides is 1. The predicted octanol–water partition coefficient (Wildman–Crippen LogP) is 3.07. The van der Waals surface area contributed by atoms with E-state index < -0.39 is 5.91 Å². The zero-order valence-corrected chi connectivity index (χ0v) is 19.5. The lowest BCUT2D eigenvalue weighted by Gasteiger charge is -2.45. The summed E-state index contributed by atoms with van der Waals surface area (Å²) in [6.45, 7) is 7.82. The third-order valence-electron chi connectivity index (χ3n) is 6.59. The Balaban J connectivity index is 1.30. The number of pyridine rings is 1. The van der Waals surface area contributed by atoms with Crippen molar-refractivity contribution in [3.05, 3.63) is 84.2 Å². The minimum absolute atomic E-state index is 0.372. The molecule has 0 saturated carbocycles. The van der Waals surface area contributed by atoms with Crippen molar-refractivity contribution in [3.63, 3.8) is 0 Å². The first-order valence-electron chi connectivity index (χ1n) is 11.6. The van der Waals surface area contributed by atoms with Crippen LogP contribution in [0.1, 0.15) is 35.6 Å². The normalized spacial score (nSPS) is 18.9. The van der Waals surface area contributed by atoms with Crippen molar-refractivity contribution in [2.75, 3.05) is 18.0 Å². The number of benzene rings is 1. The molecule has 2 unspecified atom stereocenters. The number of anilines is 1. The Labute approximate surface area is 199 Å². The van der Waals surface area contributed by atoms with Gasteiger partial charge < -0.3 is 15.2 Å². The molecule has 0 spiro atoms. The molecule has 1 aromatic carbocycles. The minimum Gasteiger partial charge on any atom is -0.367 e. The second kappa shape index (κ2) is 9.23. The molecule has 1 amide bonds. The van der Waals surface area contributed by atoms with Gasteiger partial charge in [-0.1, -0.05) is 12.1 Å². The molecule has 2 N–H and O–H groups in total. The van der Waals surface area contributed by atoms with Crippen molar-refractivity contribution in [3.8, 4) is 0 Å². The summed E-state index contributed by atoms with van der Waals surface area (Å²) >= 11 is 0. The standard InChI is InChI=1S/C26H29N7O/c1-18-14-32(15-19(2)33(18)17-24-28-9-3-10-29-24)23-12-22-8-11-31(26(22)30-13-23)16-20-4-6-21(7-5-20)25(27)34/h3-13,18-19H,14-17H2,1-2H3,(H2,27,34). The Morgan fingerprint density at radius 1 is 1.00 bits per heavy atom. The summed E-state index contributed by atoms with van der Waals surface area (Å²) in [6, 6.07) is 14.3. The van der Waals surface area contributed by atoms with Crippen LogP contribution in [0.15, 0.2) is 67.3 Å². The van der Waals surface area contributed by atoms with Crippen LogP contribution in [0.25, 0.3) is 11.0 Å². The van der Waals surface area contributed by atoms with Crippen molar-refractivity contribution >= 4 is 22.6 Å². The Kier molecular flexibility index (Phi) is 5.98. The van der Waals surface area contributed by atoms with E-state index >= 15 is 0 Å². The van der Waals surface area contributed by atoms with E-state index in [9.17, 15) is 4.79 Å². The second-order valence-corrected chi connectivity index (χ2v) is 9.05. The van der Waals surface area contributed by atoms with Gasteiger partial charge in [0.15, 0.2) is 0 Å². The highest BCUT2D eigenvalue weighted by Crippen LogP contribution is 2.26. The van der Waals surface area contributed by atoms with Crippen molar-refractivity contribution in [2.24, 2.45) is 5.73 Å². The second-order valence-electron chi connectivity index (χ2n) is 9.05. The van der Waals surface area contributed by atoms with Gasteiger partial charge in [0, 0.05) is 61.3 Å². The first-order valence-corrected chi connectivity index (χ1v) is 11.6. The highest BCUT2D eigenvalue weighted by atomic mass is 16.1. The molecule has 3 aromatic heterocycles. The molecule has 1 aliphatic rings. The van der Waals surface area contributed by atoms with E-state index in [0.717, 1.165) is 47.7 Å². The highest BCUT2D eigenvalue weighted by Gasteiger charge is 2.30. The molecule has 5 rings (SSSR count). The molecular weight excluding hydrogens is 426 g/mol. The molecule has 4 aromatic rings. The van der Waals surface area contributed by atoms with Crippen LogP contribution in [0, 0.1) is 0 Å². The number of nitrogens with zero attached hydrogens (tertiary/aromatic N) is 6. The fourth-order valence-corrected chi connectivity index (χ4v) is 4.79. The lowest BCUT2D eigenvalue weighted by molar-refractivity contribution is 0.100. The van der Waals surface area contributed by atoms with Crippen molar-refractivity contribution < 1.29 is 4.79 Å². The van der Waals surface area contributed by atoms with Gasteiger partial charge in [0.05, 0.1) is 18.4 Å². The zero-order chi connectivity index (χ0) is 23.7. The Bertz CT molecular complexity index is 1270. The lowest BCUT2D eigenvalue weighted by Crippen LogP contribution is -2.56. The molecular formula is C26H29N7O. The van der Waals surface area contributed by atoms with Crippen molar-refractivity contribution in [1.29, 1.82) is 0 Å². The monoisotopic (exact) mass is 455 g/mol. The average molecular weight is 456 g/mol. The molecule has 8 heteroatoms. The summed E-state index contributed by atoms with van der Waals surface area (Å²) in [5.41, 5.74) is 9.04. The number of aromatic nitrogens is 4. The Hall–Kier alpha value is -3.78. The van der Waals surface area contributed by atoms with Gasteiger partial charge in [0.2, 0.25) is 5.91 Å². The van der Waals surface area contributed by atoms with Gasteiger partial charge >= 0.3 is 0 Å². The molecule has 0 bridgehead atoms. The molecule has 1 fully saturated rings. The van der Waals surface area contributed by atoms with Gasteiger partial charge in [-0.2, -0.15) is 0 Å². The van der Waals surface area contributed by atoms with E-state index in [1.54, 1.807) is 24.5 Å². The maximum absolute atomic E-state index is 11.3. The number of piperazine rings is 1. The maximum atomic E-state index is 11.3. The largest absolute Gasteiger partial charge is 0.367 e. The summed E-state index contributed by atoms with van der Waals surface area (Å²) in [4.78, 5) is 29.8. The van der Waals surface area contributed by atoms with E-state index in [1.807, 2.05) is 24.4 Å². The number of carbonyl (C=O) groups is 1. The van der Waals surface area contributed by atoms with Crippen molar-refractivity contribution in [2.45, 2.75) is 39.0 Å². The first-order chi connectivity index (χ1) is 16.5. The SMILES string of the molecule is CC1CN(c2cnc3c(ccn3Cc3ccc(C(N)=O)cc3)c2)CC(C)N1Cc1ncccn1. The van der Waals surface area contributed by atoms with E-state index in [4.69, 9.17) is 10.7 Å². The smallest absolute Gasteiger partial charge is 0.248 e. The number of primary amides is 1. The number of hydrogen-bond acceptors (Lipinski definition) is 6.